The molecule has 1 saturated heterocycles. The summed E-state index contributed by atoms with van der Waals surface area (Å²) in [5.41, 5.74) is 3.72. The number of nitrogens with zero attached hydrogens (tertiary/aromatic N) is 2. The smallest absolute Gasteiger partial charge is 0.240 e. The molecule has 0 aromatic heterocycles. The van der Waals surface area contributed by atoms with E-state index in [9.17, 15) is 8.42 Å². The first-order chi connectivity index (χ1) is 13.9. The van der Waals surface area contributed by atoms with Crippen molar-refractivity contribution in [2.24, 2.45) is 0 Å². The number of hydrogen-bond acceptors (Lipinski definition) is 5. The minimum Gasteiger partial charge on any atom is -0.379 e. The summed E-state index contributed by atoms with van der Waals surface area (Å²) in [6.07, 6.45) is 1.02. The number of halogens is 1. The van der Waals surface area contributed by atoms with Gasteiger partial charge >= 0.3 is 0 Å². The van der Waals surface area contributed by atoms with Crippen molar-refractivity contribution in [3.63, 3.8) is 0 Å². The van der Waals surface area contributed by atoms with Crippen molar-refractivity contribution < 1.29 is 13.2 Å². The fourth-order valence-electron chi connectivity index (χ4n) is 4.03. The lowest BCUT2D eigenvalue weighted by Crippen LogP contribution is -2.43. The van der Waals surface area contributed by atoms with Crippen LogP contribution < -0.4 is 9.62 Å². The van der Waals surface area contributed by atoms with Gasteiger partial charge in [-0.25, -0.2) is 13.1 Å². The van der Waals surface area contributed by atoms with E-state index in [2.05, 4.69) is 39.8 Å². The molecule has 2 aliphatic heterocycles. The molecule has 156 valence electrons. The van der Waals surface area contributed by atoms with E-state index < -0.39 is 10.0 Å². The fourth-order valence-corrected chi connectivity index (χ4v) is 5.19. The van der Waals surface area contributed by atoms with Crippen molar-refractivity contribution in [3.8, 4) is 0 Å². The van der Waals surface area contributed by atoms with Gasteiger partial charge < -0.3 is 9.64 Å². The van der Waals surface area contributed by atoms with Crippen molar-refractivity contribution in [2.75, 3.05) is 51.3 Å². The Morgan fingerprint density at radius 2 is 1.83 bits per heavy atom. The maximum Gasteiger partial charge on any atom is 0.240 e. The molecule has 4 rings (SSSR count). The van der Waals surface area contributed by atoms with E-state index in [1.165, 1.54) is 23.4 Å². The summed E-state index contributed by atoms with van der Waals surface area (Å²) < 4.78 is 33.9. The molecule has 8 heteroatoms. The van der Waals surface area contributed by atoms with E-state index in [-0.39, 0.29) is 10.9 Å². The molecule has 6 nitrogen and oxygen atoms in total. The molecule has 0 bridgehead atoms. The molecule has 29 heavy (non-hydrogen) atoms. The van der Waals surface area contributed by atoms with Gasteiger partial charge in [0.25, 0.3) is 0 Å². The number of ether oxygens (including phenoxy) is 1. The SMILES string of the molecule is CN1CCc2cc([C@@H](CNS(=O)(=O)c3ccc(Cl)cc3)N3CCOCC3)ccc21. The Hall–Kier alpha value is -1.64. The van der Waals surface area contributed by atoms with Gasteiger partial charge in [0, 0.05) is 50.0 Å². The maximum atomic E-state index is 12.8. The van der Waals surface area contributed by atoms with E-state index in [1.807, 2.05) is 0 Å². The number of anilines is 1. The number of hydrogen-bond donors (Lipinski definition) is 1. The predicted octanol–water partition coefficient (Wildman–Crippen LogP) is 2.68. The summed E-state index contributed by atoms with van der Waals surface area (Å²) in [6, 6.07) is 12.7. The lowest BCUT2D eigenvalue weighted by molar-refractivity contribution is 0.0172. The molecule has 0 saturated carbocycles. The van der Waals surface area contributed by atoms with Crippen LogP contribution in [0.1, 0.15) is 17.2 Å². The Bertz CT molecular complexity index is 960. The molecule has 0 spiro atoms. The molecular weight excluding hydrogens is 410 g/mol. The highest BCUT2D eigenvalue weighted by atomic mass is 35.5. The standard InChI is InChI=1S/C21H26ClN3O3S/c1-24-9-8-17-14-16(2-7-20(17)24)21(25-10-12-28-13-11-25)15-23-29(26,27)19-5-3-18(22)4-6-19/h2-7,14,21,23H,8-13,15H2,1H3/t21-/m1/s1. The fraction of sp³-hybridized carbons (Fsp3) is 0.429. The number of fused-ring (bicyclic) bond motifs is 1. The average molecular weight is 436 g/mol. The number of rotatable bonds is 6. The summed E-state index contributed by atoms with van der Waals surface area (Å²) in [5, 5.41) is 0.512. The third-order valence-electron chi connectivity index (χ3n) is 5.69. The molecule has 1 atom stereocenters. The van der Waals surface area contributed by atoms with Crippen molar-refractivity contribution >= 4 is 27.3 Å². The Morgan fingerprint density at radius 3 is 2.55 bits per heavy atom. The van der Waals surface area contributed by atoms with Gasteiger partial charge in [0.1, 0.15) is 0 Å². The zero-order valence-corrected chi connectivity index (χ0v) is 18.0. The van der Waals surface area contributed by atoms with Crippen LogP contribution >= 0.6 is 11.6 Å². The van der Waals surface area contributed by atoms with Crippen LogP contribution in [0, 0.1) is 0 Å². The molecule has 2 aromatic carbocycles. The van der Waals surface area contributed by atoms with E-state index in [0.29, 0.717) is 24.8 Å². The Balaban J connectivity index is 1.57. The third kappa shape index (κ3) is 4.59. The summed E-state index contributed by atoms with van der Waals surface area (Å²) >= 11 is 5.89. The number of likely N-dealkylation sites (N-methyl/N-ethyl adjacent to an activating group) is 1. The minimum atomic E-state index is -3.61. The van der Waals surface area contributed by atoms with E-state index in [0.717, 1.165) is 31.6 Å². The van der Waals surface area contributed by atoms with Crippen molar-refractivity contribution in [2.45, 2.75) is 17.4 Å². The highest BCUT2D eigenvalue weighted by molar-refractivity contribution is 7.89. The molecule has 0 unspecified atom stereocenters. The topological polar surface area (TPSA) is 61.9 Å². The van der Waals surface area contributed by atoms with E-state index in [4.69, 9.17) is 16.3 Å². The van der Waals surface area contributed by atoms with Crippen LogP contribution in [0.15, 0.2) is 47.4 Å². The number of morpholine rings is 1. The largest absolute Gasteiger partial charge is 0.379 e. The lowest BCUT2D eigenvalue weighted by atomic mass is 10.0. The third-order valence-corrected chi connectivity index (χ3v) is 7.38. The van der Waals surface area contributed by atoms with Gasteiger partial charge in [-0.05, 0) is 47.9 Å². The summed E-state index contributed by atoms with van der Waals surface area (Å²) in [5.74, 6) is 0. The molecule has 2 aliphatic rings. The van der Waals surface area contributed by atoms with Gasteiger partial charge in [-0.2, -0.15) is 0 Å². The molecule has 0 radical (unpaired) electrons. The number of benzene rings is 2. The Morgan fingerprint density at radius 1 is 1.10 bits per heavy atom. The normalized spacial score (nSPS) is 18.6. The second kappa shape index (κ2) is 8.62. The highest BCUT2D eigenvalue weighted by Crippen LogP contribution is 2.31. The van der Waals surface area contributed by atoms with Crippen LogP contribution in [-0.2, 0) is 21.2 Å². The number of nitrogens with one attached hydrogen (secondary N) is 1. The Kier molecular flexibility index (Phi) is 6.13. The Labute approximate surface area is 177 Å². The van der Waals surface area contributed by atoms with Crippen LogP contribution in [-0.4, -0.2) is 59.8 Å². The molecule has 1 fully saturated rings. The monoisotopic (exact) mass is 435 g/mol. The van der Waals surface area contributed by atoms with Crippen LogP contribution in [0.4, 0.5) is 5.69 Å². The second-order valence-corrected chi connectivity index (χ2v) is 9.73. The summed E-state index contributed by atoms with van der Waals surface area (Å²) in [6.45, 7) is 4.21. The van der Waals surface area contributed by atoms with Crippen molar-refractivity contribution in [3.05, 3.63) is 58.6 Å². The molecule has 2 heterocycles. The summed E-state index contributed by atoms with van der Waals surface area (Å²) in [7, 11) is -1.51. The number of sulfonamides is 1. The molecule has 0 aliphatic carbocycles. The second-order valence-electron chi connectivity index (χ2n) is 7.53. The van der Waals surface area contributed by atoms with Gasteiger partial charge in [-0.15, -0.1) is 0 Å². The molecule has 0 amide bonds. The zero-order valence-electron chi connectivity index (χ0n) is 16.5. The molecule has 1 N–H and O–H groups in total. The minimum absolute atomic E-state index is 0.0443. The first kappa shape index (κ1) is 20.6. The van der Waals surface area contributed by atoms with Gasteiger partial charge in [0.15, 0.2) is 0 Å². The first-order valence-corrected chi connectivity index (χ1v) is 11.7. The van der Waals surface area contributed by atoms with Crippen molar-refractivity contribution in [1.82, 2.24) is 9.62 Å². The lowest BCUT2D eigenvalue weighted by Gasteiger charge is -2.35. The summed E-state index contributed by atoms with van der Waals surface area (Å²) in [4.78, 5) is 4.78. The molecule has 2 aromatic rings. The van der Waals surface area contributed by atoms with Gasteiger partial charge in [-0.3, -0.25) is 4.90 Å². The van der Waals surface area contributed by atoms with E-state index in [1.54, 1.807) is 12.1 Å². The van der Waals surface area contributed by atoms with Crippen LogP contribution in [0.3, 0.4) is 0 Å². The zero-order chi connectivity index (χ0) is 20.4. The van der Waals surface area contributed by atoms with E-state index >= 15 is 0 Å². The van der Waals surface area contributed by atoms with Crippen molar-refractivity contribution in [1.29, 1.82) is 0 Å². The molecular formula is C21H26ClN3O3S. The average Bonchev–Trinajstić information content (AvgIpc) is 3.09. The van der Waals surface area contributed by atoms with Gasteiger partial charge in [0.2, 0.25) is 10.0 Å². The highest BCUT2D eigenvalue weighted by Gasteiger charge is 2.27. The maximum absolute atomic E-state index is 12.8. The van der Waals surface area contributed by atoms with Gasteiger partial charge in [-0.1, -0.05) is 23.7 Å². The first-order valence-electron chi connectivity index (χ1n) is 9.85. The quantitative estimate of drug-likeness (QED) is 0.755. The van der Waals surface area contributed by atoms with Gasteiger partial charge in [0.05, 0.1) is 18.1 Å². The van der Waals surface area contributed by atoms with Crippen LogP contribution in [0.25, 0.3) is 0 Å². The predicted molar refractivity (Wildman–Crippen MR) is 115 cm³/mol. The van der Waals surface area contributed by atoms with Crippen LogP contribution in [0.2, 0.25) is 5.02 Å². The van der Waals surface area contributed by atoms with Crippen LogP contribution in [0.5, 0.6) is 0 Å².